The van der Waals surface area contributed by atoms with Crippen molar-refractivity contribution in [2.24, 2.45) is 4.99 Å². The van der Waals surface area contributed by atoms with Crippen LogP contribution in [-0.4, -0.2) is 45.5 Å². The molecule has 3 aromatic rings. The van der Waals surface area contributed by atoms with Crippen LogP contribution in [0, 0.1) is 6.92 Å². The van der Waals surface area contributed by atoms with Gasteiger partial charge in [0.1, 0.15) is 5.75 Å². The van der Waals surface area contributed by atoms with Gasteiger partial charge < -0.3 is 9.26 Å². The number of amidine groups is 1. The molecular formula is C22H21ClN4O3S. The van der Waals surface area contributed by atoms with E-state index in [0.29, 0.717) is 34.9 Å². The van der Waals surface area contributed by atoms with Crippen LogP contribution in [-0.2, 0) is 11.2 Å². The molecule has 0 spiro atoms. The van der Waals surface area contributed by atoms with Crippen molar-refractivity contribution < 1.29 is 14.1 Å². The van der Waals surface area contributed by atoms with E-state index in [1.54, 1.807) is 23.8 Å². The fourth-order valence-electron chi connectivity index (χ4n) is 3.11. The minimum absolute atomic E-state index is 0.0207. The van der Waals surface area contributed by atoms with Crippen molar-refractivity contribution in [3.05, 3.63) is 58.9 Å². The molecular weight excluding hydrogens is 436 g/mol. The van der Waals surface area contributed by atoms with Crippen molar-refractivity contribution in [3.63, 3.8) is 0 Å². The number of ether oxygens (including phenoxy) is 1. The van der Waals surface area contributed by atoms with E-state index in [9.17, 15) is 4.79 Å². The van der Waals surface area contributed by atoms with Crippen molar-refractivity contribution >= 4 is 40.1 Å². The Hall–Kier alpha value is -2.84. The minimum atomic E-state index is -0.0207. The summed E-state index contributed by atoms with van der Waals surface area (Å²) in [6.45, 7) is 2.55. The quantitative estimate of drug-likeness (QED) is 0.524. The number of hydrogen-bond acceptors (Lipinski definition) is 7. The van der Waals surface area contributed by atoms with Crippen LogP contribution in [0.2, 0.25) is 5.02 Å². The van der Waals surface area contributed by atoms with Gasteiger partial charge in [-0.1, -0.05) is 34.6 Å². The standard InChI is InChI=1S/C22H21ClN4O3S/c1-14-17(23)4-3-5-18(14)24-22-27(12-13-31-22)20(28)11-10-19-25-21(26-30-19)15-6-8-16(29-2)9-7-15/h3-9H,10-13H2,1-2H3. The fourth-order valence-corrected chi connectivity index (χ4v) is 4.25. The highest BCUT2D eigenvalue weighted by Gasteiger charge is 2.26. The Morgan fingerprint density at radius 2 is 2.10 bits per heavy atom. The Labute approximate surface area is 189 Å². The van der Waals surface area contributed by atoms with Crippen molar-refractivity contribution in [2.75, 3.05) is 19.4 Å². The number of hydrogen-bond donors (Lipinski definition) is 0. The lowest BCUT2D eigenvalue weighted by Gasteiger charge is -2.15. The normalized spacial score (nSPS) is 14.9. The third kappa shape index (κ3) is 4.91. The highest BCUT2D eigenvalue weighted by molar-refractivity contribution is 8.14. The Kier molecular flexibility index (Phi) is 6.58. The maximum absolute atomic E-state index is 12.8. The first-order valence-electron chi connectivity index (χ1n) is 9.79. The zero-order chi connectivity index (χ0) is 21.8. The SMILES string of the molecule is COc1ccc(-c2noc(CCC(=O)N3CCSC3=Nc3cccc(Cl)c3C)n2)cc1. The molecule has 0 N–H and O–H groups in total. The third-order valence-electron chi connectivity index (χ3n) is 4.90. The molecule has 0 aliphatic carbocycles. The van der Waals surface area contributed by atoms with Gasteiger partial charge in [0, 0.05) is 35.7 Å². The maximum atomic E-state index is 12.8. The van der Waals surface area contributed by atoms with Gasteiger partial charge in [0.15, 0.2) is 5.17 Å². The van der Waals surface area contributed by atoms with Crippen LogP contribution in [0.25, 0.3) is 11.4 Å². The number of nitrogens with zero attached hydrogens (tertiary/aromatic N) is 4. The highest BCUT2D eigenvalue weighted by Crippen LogP contribution is 2.29. The van der Waals surface area contributed by atoms with Gasteiger partial charge >= 0.3 is 0 Å². The van der Waals surface area contributed by atoms with E-state index < -0.39 is 0 Å². The molecule has 1 aliphatic heterocycles. The molecule has 7 nitrogen and oxygen atoms in total. The minimum Gasteiger partial charge on any atom is -0.497 e. The number of methoxy groups -OCH3 is 1. The first-order valence-corrected chi connectivity index (χ1v) is 11.2. The summed E-state index contributed by atoms with van der Waals surface area (Å²) >= 11 is 7.76. The Balaban J connectivity index is 1.41. The summed E-state index contributed by atoms with van der Waals surface area (Å²) in [6.07, 6.45) is 0.630. The molecule has 160 valence electrons. The van der Waals surface area contributed by atoms with E-state index >= 15 is 0 Å². The second-order valence-electron chi connectivity index (χ2n) is 6.91. The van der Waals surface area contributed by atoms with E-state index in [0.717, 1.165) is 28.3 Å². The van der Waals surface area contributed by atoms with Crippen LogP contribution in [0.15, 0.2) is 52.0 Å². The number of aromatic nitrogens is 2. The molecule has 0 saturated carbocycles. The van der Waals surface area contributed by atoms with E-state index in [-0.39, 0.29) is 12.3 Å². The monoisotopic (exact) mass is 456 g/mol. The van der Waals surface area contributed by atoms with Gasteiger partial charge in [-0.15, -0.1) is 0 Å². The van der Waals surface area contributed by atoms with Gasteiger partial charge in [-0.25, -0.2) is 4.99 Å². The average Bonchev–Trinajstić information content (AvgIpc) is 3.45. The highest BCUT2D eigenvalue weighted by atomic mass is 35.5. The van der Waals surface area contributed by atoms with Gasteiger partial charge in [-0.3, -0.25) is 9.69 Å². The Morgan fingerprint density at radius 3 is 2.87 bits per heavy atom. The summed E-state index contributed by atoms with van der Waals surface area (Å²) in [4.78, 5) is 23.6. The number of amides is 1. The van der Waals surface area contributed by atoms with E-state index in [2.05, 4.69) is 15.1 Å². The second-order valence-corrected chi connectivity index (χ2v) is 8.38. The van der Waals surface area contributed by atoms with Gasteiger partial charge in [0.25, 0.3) is 0 Å². The molecule has 9 heteroatoms. The second kappa shape index (κ2) is 9.53. The Bertz CT molecular complexity index is 1110. The number of carbonyl (C=O) groups excluding carboxylic acids is 1. The predicted molar refractivity (Wildman–Crippen MR) is 122 cm³/mol. The molecule has 1 fully saturated rings. The zero-order valence-corrected chi connectivity index (χ0v) is 18.7. The van der Waals surface area contributed by atoms with Gasteiger partial charge in [0.05, 0.1) is 12.8 Å². The third-order valence-corrected chi connectivity index (χ3v) is 6.27. The van der Waals surface area contributed by atoms with Crippen molar-refractivity contribution in [2.45, 2.75) is 19.8 Å². The summed E-state index contributed by atoms with van der Waals surface area (Å²) in [7, 11) is 1.61. The molecule has 0 unspecified atom stereocenters. The number of thioether (sulfide) groups is 1. The first kappa shape index (κ1) is 21.4. The molecule has 2 aromatic carbocycles. The first-order chi connectivity index (χ1) is 15.0. The molecule has 1 amide bonds. The van der Waals surface area contributed by atoms with E-state index in [4.69, 9.17) is 20.9 Å². The lowest BCUT2D eigenvalue weighted by Crippen LogP contribution is -2.31. The molecule has 0 bridgehead atoms. The molecule has 1 aromatic heterocycles. The zero-order valence-electron chi connectivity index (χ0n) is 17.2. The molecule has 0 atom stereocenters. The maximum Gasteiger partial charge on any atom is 0.229 e. The summed E-state index contributed by atoms with van der Waals surface area (Å²) < 4.78 is 10.5. The molecule has 2 heterocycles. The molecule has 4 rings (SSSR count). The van der Waals surface area contributed by atoms with Crippen LogP contribution in [0.4, 0.5) is 5.69 Å². The van der Waals surface area contributed by atoms with Crippen LogP contribution in [0.3, 0.4) is 0 Å². The lowest BCUT2D eigenvalue weighted by molar-refractivity contribution is -0.127. The van der Waals surface area contributed by atoms with Crippen molar-refractivity contribution in [3.8, 4) is 17.1 Å². The number of benzene rings is 2. The largest absolute Gasteiger partial charge is 0.497 e. The van der Waals surface area contributed by atoms with E-state index in [1.165, 1.54) is 0 Å². The number of aryl methyl sites for hydroxylation is 1. The van der Waals surface area contributed by atoms with Gasteiger partial charge in [-0.2, -0.15) is 4.98 Å². The summed E-state index contributed by atoms with van der Waals surface area (Å²) in [6, 6.07) is 13.0. The number of carbonyl (C=O) groups is 1. The number of rotatable bonds is 6. The summed E-state index contributed by atoms with van der Waals surface area (Å²) in [5.74, 6) is 2.46. The topological polar surface area (TPSA) is 80.8 Å². The van der Waals surface area contributed by atoms with E-state index in [1.807, 2.05) is 49.4 Å². The van der Waals surface area contributed by atoms with Crippen LogP contribution in [0.5, 0.6) is 5.75 Å². The smallest absolute Gasteiger partial charge is 0.229 e. The van der Waals surface area contributed by atoms with Crippen LogP contribution >= 0.6 is 23.4 Å². The number of halogens is 1. The van der Waals surface area contributed by atoms with Crippen molar-refractivity contribution in [1.29, 1.82) is 0 Å². The van der Waals surface area contributed by atoms with Crippen LogP contribution < -0.4 is 4.74 Å². The lowest BCUT2D eigenvalue weighted by atomic mass is 10.2. The molecule has 1 aliphatic rings. The molecule has 0 radical (unpaired) electrons. The molecule has 1 saturated heterocycles. The predicted octanol–water partition coefficient (Wildman–Crippen LogP) is 4.90. The van der Waals surface area contributed by atoms with Gasteiger partial charge in [-0.05, 0) is 48.9 Å². The average molecular weight is 457 g/mol. The molecule has 31 heavy (non-hydrogen) atoms. The number of aliphatic imine (C=N–C) groups is 1. The summed E-state index contributed by atoms with van der Waals surface area (Å²) in [5, 5.41) is 5.37. The summed E-state index contributed by atoms with van der Waals surface area (Å²) in [5.41, 5.74) is 2.49. The van der Waals surface area contributed by atoms with Gasteiger partial charge in [0.2, 0.25) is 17.6 Å². The van der Waals surface area contributed by atoms with Crippen LogP contribution in [0.1, 0.15) is 17.9 Å². The Morgan fingerprint density at radius 1 is 1.29 bits per heavy atom. The fraction of sp³-hybridized carbons (Fsp3) is 0.273. The van der Waals surface area contributed by atoms with Crippen molar-refractivity contribution in [1.82, 2.24) is 15.0 Å².